The van der Waals surface area contributed by atoms with Gasteiger partial charge in [0.25, 0.3) is 0 Å². The lowest BCUT2D eigenvalue weighted by Gasteiger charge is -2.20. The second-order valence-corrected chi connectivity index (χ2v) is 10.3. The fourth-order valence-electron chi connectivity index (χ4n) is 5.65. The Hall–Kier alpha value is -3.21. The second kappa shape index (κ2) is 13.7. The summed E-state index contributed by atoms with van der Waals surface area (Å²) in [5.74, 6) is 0.861. The molecule has 0 radical (unpaired) electrons. The molecular weight excluding hydrogens is 498 g/mol. The standard InChI is InChI=1S/C29H40F2N8/c1-4-38-15-23-17-39(18-24(23)16-38)14-20-7-8-27(35-13-20)36-19-37-29(26(31)12-32)22-10-21(6-5-9-33-2)28(34-3)25(30)11-22/h7-8,10-13,23-24,33H,3-6,9,14-19,32H2,1-2H3,(H,35,36)/b26-12+,37-29-. The van der Waals surface area contributed by atoms with Crippen LogP contribution in [0.15, 0.2) is 52.5 Å². The van der Waals surface area contributed by atoms with Crippen molar-refractivity contribution in [3.63, 3.8) is 0 Å². The first-order chi connectivity index (χ1) is 18.9. The highest BCUT2D eigenvalue weighted by Crippen LogP contribution is 2.32. The Morgan fingerprint density at radius 1 is 1.21 bits per heavy atom. The van der Waals surface area contributed by atoms with Crippen LogP contribution in [0.3, 0.4) is 0 Å². The summed E-state index contributed by atoms with van der Waals surface area (Å²) in [6, 6.07) is 6.87. The largest absolute Gasteiger partial charge is 0.402 e. The number of aromatic nitrogens is 1. The number of nitrogens with zero attached hydrogens (tertiary/aromatic N) is 5. The van der Waals surface area contributed by atoms with Crippen LogP contribution in [0.25, 0.3) is 0 Å². The molecule has 2 fully saturated rings. The number of aryl methyl sites for hydroxylation is 1. The zero-order valence-electron chi connectivity index (χ0n) is 23.0. The van der Waals surface area contributed by atoms with Crippen LogP contribution < -0.4 is 16.4 Å². The molecule has 0 amide bonds. The van der Waals surface area contributed by atoms with Crippen LogP contribution in [0.1, 0.15) is 30.0 Å². The van der Waals surface area contributed by atoms with Gasteiger partial charge in [-0.3, -0.25) is 14.9 Å². The number of fused-ring (bicyclic) bond motifs is 1. The van der Waals surface area contributed by atoms with E-state index < -0.39 is 11.6 Å². The summed E-state index contributed by atoms with van der Waals surface area (Å²) >= 11 is 0. The first-order valence-electron chi connectivity index (χ1n) is 13.7. The van der Waals surface area contributed by atoms with Gasteiger partial charge in [-0.25, -0.2) is 13.8 Å². The number of likely N-dealkylation sites (tertiary alicyclic amines) is 2. The minimum absolute atomic E-state index is 0.0350. The van der Waals surface area contributed by atoms with E-state index in [-0.39, 0.29) is 18.1 Å². The van der Waals surface area contributed by atoms with Crippen molar-refractivity contribution >= 4 is 23.9 Å². The zero-order valence-corrected chi connectivity index (χ0v) is 23.0. The van der Waals surface area contributed by atoms with Gasteiger partial charge in [0.2, 0.25) is 0 Å². The maximum absolute atomic E-state index is 14.8. The molecule has 39 heavy (non-hydrogen) atoms. The van der Waals surface area contributed by atoms with E-state index >= 15 is 0 Å². The van der Waals surface area contributed by atoms with Crippen LogP contribution in [-0.4, -0.2) is 80.2 Å². The number of halogens is 2. The third kappa shape index (κ3) is 7.26. The lowest BCUT2D eigenvalue weighted by Crippen LogP contribution is -2.28. The summed E-state index contributed by atoms with van der Waals surface area (Å²) < 4.78 is 29.5. The van der Waals surface area contributed by atoms with Crippen LogP contribution in [0.5, 0.6) is 0 Å². The molecule has 0 saturated carbocycles. The number of rotatable bonds is 13. The Bertz CT molecular complexity index is 1170. The van der Waals surface area contributed by atoms with Gasteiger partial charge in [0, 0.05) is 50.7 Å². The van der Waals surface area contributed by atoms with E-state index in [0.29, 0.717) is 23.4 Å². The molecule has 0 spiro atoms. The predicted molar refractivity (Wildman–Crippen MR) is 155 cm³/mol. The molecule has 10 heteroatoms. The summed E-state index contributed by atoms with van der Waals surface area (Å²) in [6.45, 7) is 13.2. The van der Waals surface area contributed by atoms with E-state index in [2.05, 4.69) is 55.1 Å². The highest BCUT2D eigenvalue weighted by Gasteiger charge is 2.39. The third-order valence-electron chi connectivity index (χ3n) is 7.63. The smallest absolute Gasteiger partial charge is 0.164 e. The molecule has 0 bridgehead atoms. The number of anilines is 1. The predicted octanol–water partition coefficient (Wildman–Crippen LogP) is 3.72. The van der Waals surface area contributed by atoms with Crippen LogP contribution in [0.2, 0.25) is 0 Å². The lowest BCUT2D eigenvalue weighted by molar-refractivity contribution is 0.257. The van der Waals surface area contributed by atoms with Crippen LogP contribution >= 0.6 is 0 Å². The molecule has 2 aromatic rings. The summed E-state index contributed by atoms with van der Waals surface area (Å²) in [7, 11) is 1.85. The SMILES string of the molecule is C=Nc1c(F)cc(C(=N/CNc2ccc(CN3CC4CN(CC)CC4C3)cn2)/C(F)=C\N)cc1CCCNC. The van der Waals surface area contributed by atoms with Crippen molar-refractivity contribution in [3.05, 3.63) is 65.0 Å². The zero-order chi connectivity index (χ0) is 27.8. The van der Waals surface area contributed by atoms with E-state index in [4.69, 9.17) is 5.73 Å². The van der Waals surface area contributed by atoms with Crippen molar-refractivity contribution in [3.8, 4) is 0 Å². The summed E-state index contributed by atoms with van der Waals surface area (Å²) in [5, 5.41) is 6.16. The number of hydrogen-bond acceptors (Lipinski definition) is 8. The Morgan fingerprint density at radius 2 is 1.95 bits per heavy atom. The van der Waals surface area contributed by atoms with Crippen molar-refractivity contribution in [1.82, 2.24) is 20.1 Å². The highest BCUT2D eigenvalue weighted by molar-refractivity contribution is 6.11. The van der Waals surface area contributed by atoms with Gasteiger partial charge in [-0.1, -0.05) is 13.0 Å². The molecule has 4 rings (SSSR count). The van der Waals surface area contributed by atoms with E-state index in [0.717, 1.165) is 62.7 Å². The van der Waals surface area contributed by atoms with Gasteiger partial charge in [0.15, 0.2) is 5.83 Å². The molecule has 1 aromatic carbocycles. The van der Waals surface area contributed by atoms with Gasteiger partial charge >= 0.3 is 0 Å². The fraction of sp³-hybridized carbons (Fsp3) is 0.483. The summed E-state index contributed by atoms with van der Waals surface area (Å²) in [6.07, 6.45) is 4.03. The van der Waals surface area contributed by atoms with Gasteiger partial charge in [-0.05, 0) is 80.9 Å². The number of nitrogens with two attached hydrogens (primary N) is 1. The lowest BCUT2D eigenvalue weighted by atomic mass is 10.00. The maximum Gasteiger partial charge on any atom is 0.164 e. The minimum atomic E-state index is -0.738. The first kappa shape index (κ1) is 28.8. The number of pyridine rings is 1. The van der Waals surface area contributed by atoms with E-state index in [1.165, 1.54) is 19.2 Å². The van der Waals surface area contributed by atoms with Crippen molar-refractivity contribution in [2.75, 3.05) is 58.3 Å². The van der Waals surface area contributed by atoms with Gasteiger partial charge < -0.3 is 21.3 Å². The molecule has 4 N–H and O–H groups in total. The summed E-state index contributed by atoms with van der Waals surface area (Å²) in [5.41, 5.74) is 7.70. The van der Waals surface area contributed by atoms with Gasteiger partial charge in [-0.15, -0.1) is 0 Å². The number of nitrogens with one attached hydrogen (secondary N) is 2. The van der Waals surface area contributed by atoms with Gasteiger partial charge in [0.1, 0.15) is 29.7 Å². The van der Waals surface area contributed by atoms with Crippen LogP contribution in [-0.2, 0) is 13.0 Å². The molecule has 1 aromatic heterocycles. The molecule has 8 nitrogen and oxygen atoms in total. The number of hydrogen-bond donors (Lipinski definition) is 3. The number of aliphatic imine (C=N–C) groups is 2. The number of benzene rings is 1. The Labute approximate surface area is 230 Å². The second-order valence-electron chi connectivity index (χ2n) is 10.3. The summed E-state index contributed by atoms with van der Waals surface area (Å²) in [4.78, 5) is 17.8. The van der Waals surface area contributed by atoms with Crippen molar-refractivity contribution in [2.45, 2.75) is 26.3 Å². The van der Waals surface area contributed by atoms with E-state index in [1.54, 1.807) is 6.07 Å². The molecule has 210 valence electrons. The van der Waals surface area contributed by atoms with Gasteiger partial charge in [0.05, 0.1) is 0 Å². The van der Waals surface area contributed by atoms with Crippen LogP contribution in [0.4, 0.5) is 20.3 Å². The monoisotopic (exact) mass is 538 g/mol. The normalized spacial score (nSPS) is 20.4. The molecule has 0 aliphatic carbocycles. The van der Waals surface area contributed by atoms with E-state index in [9.17, 15) is 8.78 Å². The van der Waals surface area contributed by atoms with Crippen molar-refractivity contribution < 1.29 is 8.78 Å². The fourth-order valence-corrected chi connectivity index (χ4v) is 5.65. The molecule has 2 saturated heterocycles. The van der Waals surface area contributed by atoms with E-state index in [1.807, 2.05) is 19.3 Å². The third-order valence-corrected chi connectivity index (χ3v) is 7.63. The van der Waals surface area contributed by atoms with Crippen LogP contribution in [0, 0.1) is 17.7 Å². The molecule has 2 atom stereocenters. The molecular formula is C29H40F2N8. The topological polar surface area (TPSA) is 94.2 Å². The van der Waals surface area contributed by atoms with Gasteiger partial charge in [-0.2, -0.15) is 0 Å². The highest BCUT2D eigenvalue weighted by atomic mass is 19.1. The number of allylic oxidation sites excluding steroid dienone is 1. The molecule has 3 heterocycles. The average Bonchev–Trinajstić information content (AvgIpc) is 3.50. The molecule has 2 aliphatic rings. The van der Waals surface area contributed by atoms with Crippen molar-refractivity contribution in [1.29, 1.82) is 0 Å². The minimum Gasteiger partial charge on any atom is -0.402 e. The Morgan fingerprint density at radius 3 is 2.56 bits per heavy atom. The molecule has 2 aliphatic heterocycles. The quantitative estimate of drug-likeness (QED) is 0.266. The Balaban J connectivity index is 1.39. The Kier molecular flexibility index (Phi) is 10.1. The first-order valence-corrected chi connectivity index (χ1v) is 13.7. The maximum atomic E-state index is 14.8. The molecule has 2 unspecified atom stereocenters. The average molecular weight is 539 g/mol. The van der Waals surface area contributed by atoms with Crippen molar-refractivity contribution in [2.24, 2.45) is 27.6 Å².